The first-order valence-corrected chi connectivity index (χ1v) is 12.6. The molecule has 5 rings (SSSR count). The Labute approximate surface area is 188 Å². The topological polar surface area (TPSA) is 89.0 Å². The van der Waals surface area contributed by atoms with Crippen molar-refractivity contribution in [1.82, 2.24) is 14.2 Å². The number of benzene rings is 1. The first kappa shape index (κ1) is 21.2. The van der Waals surface area contributed by atoms with Gasteiger partial charge >= 0.3 is 0 Å². The number of pyridine rings is 1. The van der Waals surface area contributed by atoms with E-state index in [-0.39, 0.29) is 22.8 Å². The molecule has 1 amide bonds. The lowest BCUT2D eigenvalue weighted by Gasteiger charge is -2.34. The monoisotopic (exact) mass is 457 g/mol. The summed E-state index contributed by atoms with van der Waals surface area (Å²) in [5.74, 6) is 1.45. The molecule has 0 radical (unpaired) electrons. The number of piperidine rings is 1. The molecule has 1 aromatic carbocycles. The highest BCUT2D eigenvalue weighted by molar-refractivity contribution is 7.89. The largest absolute Gasteiger partial charge is 0.486 e. The van der Waals surface area contributed by atoms with Gasteiger partial charge < -0.3 is 14.4 Å². The predicted octanol–water partition coefficient (Wildman–Crippen LogP) is 2.62. The molecule has 1 aromatic heterocycles. The van der Waals surface area contributed by atoms with E-state index in [1.54, 1.807) is 18.3 Å². The van der Waals surface area contributed by atoms with Crippen molar-refractivity contribution in [3.05, 3.63) is 48.3 Å². The maximum Gasteiger partial charge on any atom is 0.244 e. The molecule has 32 heavy (non-hydrogen) atoms. The third kappa shape index (κ3) is 3.95. The van der Waals surface area contributed by atoms with Crippen molar-refractivity contribution in [2.45, 2.75) is 36.6 Å². The molecule has 1 unspecified atom stereocenters. The van der Waals surface area contributed by atoms with Gasteiger partial charge in [-0.3, -0.25) is 9.78 Å². The minimum Gasteiger partial charge on any atom is -0.486 e. The Morgan fingerprint density at radius 1 is 1.00 bits per heavy atom. The zero-order valence-corrected chi connectivity index (χ0v) is 18.7. The molecule has 3 aliphatic heterocycles. The molecule has 9 heteroatoms. The Bertz CT molecular complexity index is 1080. The molecule has 2 aromatic rings. The van der Waals surface area contributed by atoms with Crippen LogP contribution in [0.4, 0.5) is 0 Å². The average Bonchev–Trinajstić information content (AvgIpc) is 3.34. The minimum atomic E-state index is -3.57. The fourth-order valence-electron chi connectivity index (χ4n) is 4.87. The van der Waals surface area contributed by atoms with Gasteiger partial charge in [-0.15, -0.1) is 0 Å². The number of nitrogens with zero attached hydrogens (tertiary/aromatic N) is 3. The van der Waals surface area contributed by atoms with Crippen molar-refractivity contribution >= 4 is 15.9 Å². The fraction of sp³-hybridized carbons (Fsp3) is 0.478. The number of carbonyl (C=O) groups is 1. The summed E-state index contributed by atoms with van der Waals surface area (Å²) >= 11 is 0. The zero-order chi connectivity index (χ0) is 22.1. The predicted molar refractivity (Wildman–Crippen MR) is 117 cm³/mol. The SMILES string of the molecule is O=C(C1CCN(S(=O)(=O)c2cccnc2)CC1)N1CCCC1c1ccc2c(c1)OCCO2. The molecule has 4 heterocycles. The van der Waals surface area contributed by atoms with E-state index in [0.29, 0.717) is 39.1 Å². The van der Waals surface area contributed by atoms with Crippen LogP contribution < -0.4 is 9.47 Å². The third-order valence-corrected chi connectivity index (χ3v) is 8.44. The summed E-state index contributed by atoms with van der Waals surface area (Å²) in [4.78, 5) is 19.5. The maximum atomic E-state index is 13.4. The summed E-state index contributed by atoms with van der Waals surface area (Å²) in [6, 6.07) is 9.14. The number of fused-ring (bicyclic) bond motifs is 1. The summed E-state index contributed by atoms with van der Waals surface area (Å²) in [7, 11) is -3.57. The van der Waals surface area contributed by atoms with Gasteiger partial charge in [-0.25, -0.2) is 8.42 Å². The maximum absolute atomic E-state index is 13.4. The molecule has 3 aliphatic rings. The second-order valence-corrected chi connectivity index (χ2v) is 10.4. The van der Waals surface area contributed by atoms with E-state index in [9.17, 15) is 13.2 Å². The number of carbonyl (C=O) groups excluding carboxylic acids is 1. The summed E-state index contributed by atoms with van der Waals surface area (Å²) in [5.41, 5.74) is 1.07. The Morgan fingerprint density at radius 3 is 2.53 bits per heavy atom. The van der Waals surface area contributed by atoms with Crippen molar-refractivity contribution in [3.8, 4) is 11.5 Å². The van der Waals surface area contributed by atoms with Gasteiger partial charge in [0.05, 0.1) is 6.04 Å². The fourth-order valence-corrected chi connectivity index (χ4v) is 6.30. The van der Waals surface area contributed by atoms with Gasteiger partial charge in [-0.05, 0) is 55.5 Å². The lowest BCUT2D eigenvalue weighted by atomic mass is 9.95. The van der Waals surface area contributed by atoms with Crippen LogP contribution in [-0.2, 0) is 14.8 Å². The van der Waals surface area contributed by atoms with E-state index >= 15 is 0 Å². The van der Waals surface area contributed by atoms with Crippen LogP contribution in [0.1, 0.15) is 37.3 Å². The zero-order valence-electron chi connectivity index (χ0n) is 17.9. The Balaban J connectivity index is 1.26. The first-order valence-electron chi connectivity index (χ1n) is 11.1. The van der Waals surface area contributed by atoms with Crippen LogP contribution in [0.5, 0.6) is 11.5 Å². The molecule has 2 saturated heterocycles. The van der Waals surface area contributed by atoms with Crippen molar-refractivity contribution in [3.63, 3.8) is 0 Å². The lowest BCUT2D eigenvalue weighted by molar-refractivity contribution is -0.137. The van der Waals surface area contributed by atoms with Crippen LogP contribution in [0.2, 0.25) is 0 Å². The van der Waals surface area contributed by atoms with E-state index in [1.165, 1.54) is 10.5 Å². The highest BCUT2D eigenvalue weighted by Gasteiger charge is 2.38. The highest BCUT2D eigenvalue weighted by Crippen LogP contribution is 2.39. The number of hydrogen-bond donors (Lipinski definition) is 0. The molecule has 0 spiro atoms. The summed E-state index contributed by atoms with van der Waals surface area (Å²) in [6.45, 7) is 2.50. The van der Waals surface area contributed by atoms with Crippen molar-refractivity contribution in [2.75, 3.05) is 32.8 Å². The molecule has 8 nitrogen and oxygen atoms in total. The molecular weight excluding hydrogens is 430 g/mol. The van der Waals surface area contributed by atoms with Gasteiger partial charge in [0.2, 0.25) is 15.9 Å². The minimum absolute atomic E-state index is 0.0236. The van der Waals surface area contributed by atoms with E-state index in [4.69, 9.17) is 9.47 Å². The number of amides is 1. The van der Waals surface area contributed by atoms with E-state index < -0.39 is 10.0 Å². The van der Waals surface area contributed by atoms with Gasteiger partial charge in [-0.2, -0.15) is 4.31 Å². The smallest absolute Gasteiger partial charge is 0.244 e. The van der Waals surface area contributed by atoms with Crippen molar-refractivity contribution in [2.24, 2.45) is 5.92 Å². The standard InChI is InChI=1S/C23H27N3O5S/c27-23(17-7-11-25(12-8-17)32(28,29)19-3-1-9-24-16-19)26-10-2-4-20(26)18-5-6-21-22(15-18)31-14-13-30-21/h1,3,5-6,9,15-17,20H,2,4,7-8,10-14H2. The molecule has 0 N–H and O–H groups in total. The molecule has 1 atom stereocenters. The van der Waals surface area contributed by atoms with Crippen molar-refractivity contribution < 1.29 is 22.7 Å². The van der Waals surface area contributed by atoms with E-state index in [1.807, 2.05) is 23.1 Å². The molecule has 0 saturated carbocycles. The van der Waals surface area contributed by atoms with Gasteiger partial charge in [0, 0.05) is 37.9 Å². The second-order valence-electron chi connectivity index (χ2n) is 8.46. The van der Waals surface area contributed by atoms with Crippen LogP contribution >= 0.6 is 0 Å². The second kappa shape index (κ2) is 8.71. The summed E-state index contributed by atoms with van der Waals surface area (Å²) in [6.07, 6.45) is 5.86. The molecule has 0 bridgehead atoms. The van der Waals surface area contributed by atoms with Crippen LogP contribution in [0.25, 0.3) is 0 Å². The Kier molecular flexibility index (Phi) is 5.77. The van der Waals surface area contributed by atoms with Crippen LogP contribution in [0, 0.1) is 5.92 Å². The number of aromatic nitrogens is 1. The molecular formula is C23H27N3O5S. The van der Waals surface area contributed by atoms with Crippen LogP contribution in [-0.4, -0.2) is 61.4 Å². The van der Waals surface area contributed by atoms with Gasteiger partial charge in [0.25, 0.3) is 0 Å². The number of hydrogen-bond acceptors (Lipinski definition) is 6. The summed E-state index contributed by atoms with van der Waals surface area (Å²) in [5, 5.41) is 0. The highest BCUT2D eigenvalue weighted by atomic mass is 32.2. The Hall–Kier alpha value is -2.65. The number of likely N-dealkylation sites (tertiary alicyclic amines) is 1. The molecule has 170 valence electrons. The van der Waals surface area contributed by atoms with Gasteiger partial charge in [0.15, 0.2) is 11.5 Å². The van der Waals surface area contributed by atoms with E-state index in [2.05, 4.69) is 4.98 Å². The van der Waals surface area contributed by atoms with Gasteiger partial charge in [-0.1, -0.05) is 6.07 Å². The third-order valence-electron chi connectivity index (χ3n) is 6.56. The van der Waals surface area contributed by atoms with E-state index in [0.717, 1.165) is 36.4 Å². The molecule has 2 fully saturated rings. The number of rotatable bonds is 4. The normalized spacial score (nSPS) is 22.1. The Morgan fingerprint density at radius 2 is 1.78 bits per heavy atom. The average molecular weight is 458 g/mol. The lowest BCUT2D eigenvalue weighted by Crippen LogP contribution is -2.44. The quantitative estimate of drug-likeness (QED) is 0.701. The molecule has 0 aliphatic carbocycles. The van der Waals surface area contributed by atoms with Crippen LogP contribution in [0.15, 0.2) is 47.6 Å². The van der Waals surface area contributed by atoms with Crippen LogP contribution in [0.3, 0.4) is 0 Å². The van der Waals surface area contributed by atoms with Gasteiger partial charge in [0.1, 0.15) is 18.1 Å². The first-order chi connectivity index (χ1) is 15.5. The van der Waals surface area contributed by atoms with Crippen molar-refractivity contribution in [1.29, 1.82) is 0 Å². The summed E-state index contributed by atoms with van der Waals surface area (Å²) < 4.78 is 38.5. The number of ether oxygens (including phenoxy) is 2. The number of sulfonamides is 1.